The normalized spacial score (nSPS) is 14.4. The number of ether oxygens (including phenoxy) is 1. The lowest BCUT2D eigenvalue weighted by atomic mass is 9.80. The van der Waals surface area contributed by atoms with Crippen LogP contribution in [0.2, 0.25) is 0 Å². The lowest BCUT2D eigenvalue weighted by Crippen LogP contribution is -2.31. The highest BCUT2D eigenvalue weighted by atomic mass is 19.3. The molecule has 1 aromatic rings. The second kappa shape index (κ2) is 5.12. The fourth-order valence-corrected chi connectivity index (χ4v) is 1.48. The van der Waals surface area contributed by atoms with Crippen molar-refractivity contribution in [2.24, 2.45) is 0 Å². The minimum Gasteiger partial charge on any atom is -0.481 e. The molecule has 0 saturated heterocycles. The van der Waals surface area contributed by atoms with Crippen LogP contribution >= 0.6 is 0 Å². The van der Waals surface area contributed by atoms with Crippen LogP contribution in [-0.2, 0) is 10.2 Å². The highest BCUT2D eigenvalue weighted by molar-refractivity contribution is 5.80. The summed E-state index contributed by atoms with van der Waals surface area (Å²) in [7, 11) is 0. The lowest BCUT2D eigenvalue weighted by molar-refractivity contribution is -0.143. The fraction of sp³-hybridized carbons (Fsp3) is 0.417. The Balaban J connectivity index is 2.97. The first-order chi connectivity index (χ1) is 7.90. The van der Waals surface area contributed by atoms with Crippen molar-refractivity contribution < 1.29 is 23.4 Å². The molecule has 3 nitrogen and oxygen atoms in total. The molecule has 1 atom stereocenters. The van der Waals surface area contributed by atoms with Crippen molar-refractivity contribution in [3.8, 4) is 5.75 Å². The predicted molar refractivity (Wildman–Crippen MR) is 58.4 cm³/mol. The molecule has 17 heavy (non-hydrogen) atoms. The van der Waals surface area contributed by atoms with Gasteiger partial charge in [0.05, 0.1) is 5.41 Å². The van der Waals surface area contributed by atoms with Crippen LogP contribution in [0, 0.1) is 0 Å². The predicted octanol–water partition coefficient (Wildman–Crippen LogP) is 3.04. The molecule has 1 aromatic carbocycles. The van der Waals surface area contributed by atoms with Crippen molar-refractivity contribution in [1.29, 1.82) is 0 Å². The van der Waals surface area contributed by atoms with Crippen molar-refractivity contribution in [1.82, 2.24) is 0 Å². The molecule has 0 unspecified atom stereocenters. The molecular weight excluding hydrogens is 230 g/mol. The van der Waals surface area contributed by atoms with Gasteiger partial charge in [0.15, 0.2) is 0 Å². The van der Waals surface area contributed by atoms with Gasteiger partial charge < -0.3 is 9.84 Å². The Hall–Kier alpha value is -1.65. The first kappa shape index (κ1) is 13.4. The van der Waals surface area contributed by atoms with Gasteiger partial charge in [-0.3, -0.25) is 4.79 Å². The topological polar surface area (TPSA) is 46.5 Å². The molecule has 0 fully saturated rings. The molecule has 0 spiro atoms. The molecule has 0 saturated carbocycles. The average Bonchev–Trinajstić information content (AvgIpc) is 2.28. The smallest absolute Gasteiger partial charge is 0.387 e. The summed E-state index contributed by atoms with van der Waals surface area (Å²) in [5, 5.41) is 9.15. The van der Waals surface area contributed by atoms with E-state index in [4.69, 9.17) is 5.11 Å². The Kier molecular flexibility index (Phi) is 4.04. The number of carboxylic acid groups (broad SMARTS) is 1. The third-order valence-electron chi connectivity index (χ3n) is 2.90. The summed E-state index contributed by atoms with van der Waals surface area (Å²) < 4.78 is 28.1. The van der Waals surface area contributed by atoms with E-state index in [-0.39, 0.29) is 5.75 Å². The number of carbonyl (C=O) groups is 1. The molecule has 5 heteroatoms. The van der Waals surface area contributed by atoms with E-state index in [1.165, 1.54) is 24.3 Å². The average molecular weight is 244 g/mol. The molecule has 0 amide bonds. The molecule has 0 aliphatic rings. The van der Waals surface area contributed by atoms with Crippen LogP contribution in [0.25, 0.3) is 0 Å². The largest absolute Gasteiger partial charge is 0.481 e. The highest BCUT2D eigenvalue weighted by Gasteiger charge is 2.33. The summed E-state index contributed by atoms with van der Waals surface area (Å²) in [6.45, 7) is 0.480. The van der Waals surface area contributed by atoms with Crippen LogP contribution < -0.4 is 4.74 Å². The molecule has 0 aliphatic carbocycles. The second-order valence-electron chi connectivity index (χ2n) is 3.89. The minimum absolute atomic E-state index is 0.0209. The molecule has 1 rings (SSSR count). The Morgan fingerprint density at radius 2 is 1.94 bits per heavy atom. The molecule has 0 radical (unpaired) electrons. The zero-order valence-corrected chi connectivity index (χ0v) is 9.61. The van der Waals surface area contributed by atoms with Gasteiger partial charge in [-0.1, -0.05) is 19.1 Å². The maximum absolute atomic E-state index is 11.9. The number of carboxylic acids is 1. The van der Waals surface area contributed by atoms with E-state index in [1.807, 2.05) is 0 Å². The van der Waals surface area contributed by atoms with E-state index in [0.29, 0.717) is 12.0 Å². The molecule has 1 N–H and O–H groups in total. The maximum Gasteiger partial charge on any atom is 0.387 e. The number of halogens is 2. The van der Waals surface area contributed by atoms with Gasteiger partial charge in [0.25, 0.3) is 0 Å². The summed E-state index contributed by atoms with van der Waals surface area (Å²) >= 11 is 0. The zero-order chi connectivity index (χ0) is 13.1. The van der Waals surface area contributed by atoms with E-state index in [9.17, 15) is 13.6 Å². The molecule has 0 heterocycles. The summed E-state index contributed by atoms with van der Waals surface area (Å²) in [6, 6.07) is 5.68. The Morgan fingerprint density at radius 1 is 1.41 bits per heavy atom. The van der Waals surface area contributed by atoms with Crippen molar-refractivity contribution in [3.63, 3.8) is 0 Å². The van der Waals surface area contributed by atoms with Crippen molar-refractivity contribution in [2.45, 2.75) is 32.3 Å². The van der Waals surface area contributed by atoms with Crippen LogP contribution in [0.1, 0.15) is 25.8 Å². The summed E-state index contributed by atoms with van der Waals surface area (Å²) in [4.78, 5) is 11.2. The van der Waals surface area contributed by atoms with E-state index in [1.54, 1.807) is 13.8 Å². The van der Waals surface area contributed by atoms with E-state index < -0.39 is 18.0 Å². The number of alkyl halides is 2. The number of hydrogen-bond donors (Lipinski definition) is 1. The van der Waals surface area contributed by atoms with Gasteiger partial charge in [-0.15, -0.1) is 0 Å². The quantitative estimate of drug-likeness (QED) is 0.865. The zero-order valence-electron chi connectivity index (χ0n) is 9.61. The third-order valence-corrected chi connectivity index (χ3v) is 2.90. The maximum atomic E-state index is 11.9. The van der Waals surface area contributed by atoms with Gasteiger partial charge >= 0.3 is 12.6 Å². The third kappa shape index (κ3) is 2.93. The van der Waals surface area contributed by atoms with Gasteiger partial charge in [-0.2, -0.15) is 8.78 Å². The van der Waals surface area contributed by atoms with Crippen molar-refractivity contribution >= 4 is 5.97 Å². The number of rotatable bonds is 5. The van der Waals surface area contributed by atoms with Crippen LogP contribution in [0.5, 0.6) is 5.75 Å². The van der Waals surface area contributed by atoms with Crippen LogP contribution in [-0.4, -0.2) is 17.7 Å². The Morgan fingerprint density at radius 3 is 2.29 bits per heavy atom. The minimum atomic E-state index is -2.88. The standard InChI is InChI=1S/C12H14F2O3/c1-3-12(2,10(15)16)8-4-6-9(7-5-8)17-11(13)14/h4-7,11H,3H2,1-2H3,(H,15,16)/t12-/m0/s1. The molecule has 94 valence electrons. The monoisotopic (exact) mass is 244 g/mol. The molecule has 0 aromatic heterocycles. The van der Waals surface area contributed by atoms with Crippen LogP contribution in [0.4, 0.5) is 8.78 Å². The molecule has 0 aliphatic heterocycles. The Labute approximate surface area is 98.0 Å². The first-order valence-electron chi connectivity index (χ1n) is 5.19. The number of hydrogen-bond acceptors (Lipinski definition) is 2. The molecule has 0 bridgehead atoms. The van der Waals surface area contributed by atoms with Gasteiger partial charge in [-0.25, -0.2) is 0 Å². The van der Waals surface area contributed by atoms with Crippen LogP contribution in [0.3, 0.4) is 0 Å². The van der Waals surface area contributed by atoms with Gasteiger partial charge in [0.2, 0.25) is 0 Å². The lowest BCUT2D eigenvalue weighted by Gasteiger charge is -2.23. The van der Waals surface area contributed by atoms with Gasteiger partial charge in [-0.05, 0) is 31.0 Å². The fourth-order valence-electron chi connectivity index (χ4n) is 1.48. The Bertz CT molecular complexity index is 389. The number of benzene rings is 1. The first-order valence-corrected chi connectivity index (χ1v) is 5.19. The summed E-state index contributed by atoms with van der Waals surface area (Å²) in [5.74, 6) is -0.921. The van der Waals surface area contributed by atoms with Gasteiger partial charge in [0, 0.05) is 0 Å². The summed E-state index contributed by atoms with van der Waals surface area (Å²) in [6.07, 6.45) is 0.414. The van der Waals surface area contributed by atoms with E-state index in [0.717, 1.165) is 0 Å². The van der Waals surface area contributed by atoms with Crippen molar-refractivity contribution in [3.05, 3.63) is 29.8 Å². The van der Waals surface area contributed by atoms with Gasteiger partial charge in [0.1, 0.15) is 5.75 Å². The molecular formula is C12H14F2O3. The van der Waals surface area contributed by atoms with Crippen molar-refractivity contribution in [2.75, 3.05) is 0 Å². The van der Waals surface area contributed by atoms with E-state index in [2.05, 4.69) is 4.74 Å². The number of aliphatic carboxylic acids is 1. The van der Waals surface area contributed by atoms with Crippen LogP contribution in [0.15, 0.2) is 24.3 Å². The van der Waals surface area contributed by atoms with E-state index >= 15 is 0 Å². The highest BCUT2D eigenvalue weighted by Crippen LogP contribution is 2.29. The summed E-state index contributed by atoms with van der Waals surface area (Å²) in [5.41, 5.74) is -0.447. The second-order valence-corrected chi connectivity index (χ2v) is 3.89. The SMILES string of the molecule is CC[C@](C)(C(=O)O)c1ccc(OC(F)F)cc1.